The van der Waals surface area contributed by atoms with Crippen LogP contribution >= 0.6 is 31.9 Å². The number of aryl methyl sites for hydroxylation is 1. The zero-order chi connectivity index (χ0) is 26.9. The molecule has 6 rings (SSSR count). The van der Waals surface area contributed by atoms with E-state index in [1.165, 1.54) is 10.2 Å². The number of para-hydroxylation sites is 1. The van der Waals surface area contributed by atoms with Gasteiger partial charge in [-0.1, -0.05) is 57.9 Å². The summed E-state index contributed by atoms with van der Waals surface area (Å²) in [4.78, 5) is 18.3. The second-order valence-electron chi connectivity index (χ2n) is 9.07. The van der Waals surface area contributed by atoms with E-state index in [1.54, 1.807) is 18.3 Å². The number of hydrogen-bond acceptors (Lipinski definition) is 5. The number of aromatic nitrogens is 2. The van der Waals surface area contributed by atoms with Crippen LogP contribution in [0.5, 0.6) is 5.75 Å². The van der Waals surface area contributed by atoms with E-state index in [1.807, 2.05) is 66.7 Å². The zero-order valence-corrected chi connectivity index (χ0v) is 23.9. The molecule has 0 bridgehead atoms. The molecule has 192 valence electrons. The summed E-state index contributed by atoms with van der Waals surface area (Å²) in [5.74, 6) is 1.48. The smallest absolute Gasteiger partial charge is 0.282 e. The van der Waals surface area contributed by atoms with Gasteiger partial charge < -0.3 is 9.15 Å². The second kappa shape index (κ2) is 10.6. The topological polar surface area (TPSA) is 69.6 Å². The Morgan fingerprint density at radius 2 is 1.85 bits per heavy atom. The molecule has 0 amide bonds. The number of furan rings is 1. The van der Waals surface area contributed by atoms with E-state index in [2.05, 4.69) is 56.0 Å². The molecule has 0 saturated carbocycles. The Morgan fingerprint density at radius 1 is 0.974 bits per heavy atom. The first-order valence-corrected chi connectivity index (χ1v) is 13.8. The molecular weight excluding hydrogens is 622 g/mol. The Balaban J connectivity index is 1.35. The van der Waals surface area contributed by atoms with E-state index < -0.39 is 0 Å². The van der Waals surface area contributed by atoms with Gasteiger partial charge in [0.25, 0.3) is 5.56 Å². The Hall–Kier alpha value is -4.01. The van der Waals surface area contributed by atoms with E-state index in [0.717, 1.165) is 25.5 Å². The number of nitrogens with zero attached hydrogens (tertiary/aromatic N) is 3. The van der Waals surface area contributed by atoms with Crippen molar-refractivity contribution in [1.29, 1.82) is 0 Å². The van der Waals surface area contributed by atoms with Crippen molar-refractivity contribution < 1.29 is 9.15 Å². The molecule has 8 heteroatoms. The lowest BCUT2D eigenvalue weighted by atomic mass is 10.1. The largest absolute Gasteiger partial charge is 0.488 e. The molecule has 4 aromatic carbocycles. The van der Waals surface area contributed by atoms with Crippen molar-refractivity contribution in [1.82, 2.24) is 9.66 Å². The summed E-state index contributed by atoms with van der Waals surface area (Å²) in [7, 11) is 0. The summed E-state index contributed by atoms with van der Waals surface area (Å²) in [6, 6.07) is 28.7. The second-order valence-corrected chi connectivity index (χ2v) is 10.8. The van der Waals surface area contributed by atoms with E-state index >= 15 is 0 Å². The molecule has 6 aromatic rings. The van der Waals surface area contributed by atoms with Gasteiger partial charge in [-0.05, 0) is 88.6 Å². The quantitative estimate of drug-likeness (QED) is 0.172. The summed E-state index contributed by atoms with van der Waals surface area (Å²) in [6.07, 6.45) is 1.62. The first-order chi connectivity index (χ1) is 18.9. The fraction of sp³-hybridized carbons (Fsp3) is 0.0645. The average Bonchev–Trinajstić information content (AvgIpc) is 3.35. The zero-order valence-electron chi connectivity index (χ0n) is 20.8. The molecule has 6 nitrogen and oxygen atoms in total. The first kappa shape index (κ1) is 25.3. The lowest BCUT2D eigenvalue weighted by molar-refractivity contribution is 0.304. The SMILES string of the molecule is Cc1cccc(COc2ccc(C=Nn3c(-c4cc5cc(Br)ccc5o4)nc4ccccc4c3=O)cc2Br)c1. The molecule has 0 N–H and O–H groups in total. The number of benzene rings is 4. The summed E-state index contributed by atoms with van der Waals surface area (Å²) < 4.78 is 15.1. The fourth-order valence-electron chi connectivity index (χ4n) is 4.32. The van der Waals surface area contributed by atoms with Crippen LogP contribution in [0.4, 0.5) is 0 Å². The lowest BCUT2D eigenvalue weighted by Gasteiger charge is -2.10. The molecule has 0 aliphatic heterocycles. The molecule has 0 aliphatic carbocycles. The Morgan fingerprint density at radius 3 is 2.69 bits per heavy atom. The minimum absolute atomic E-state index is 0.286. The fourth-order valence-corrected chi connectivity index (χ4v) is 5.21. The van der Waals surface area contributed by atoms with Crippen molar-refractivity contribution in [3.05, 3.63) is 127 Å². The van der Waals surface area contributed by atoms with Crippen molar-refractivity contribution in [2.24, 2.45) is 5.10 Å². The molecule has 2 heterocycles. The van der Waals surface area contributed by atoms with Gasteiger partial charge in [0.2, 0.25) is 5.82 Å². The summed E-state index contributed by atoms with van der Waals surface area (Å²) in [6.45, 7) is 2.52. The lowest BCUT2D eigenvalue weighted by Crippen LogP contribution is -2.20. The summed E-state index contributed by atoms with van der Waals surface area (Å²) in [5.41, 5.74) is 4.05. The highest BCUT2D eigenvalue weighted by Crippen LogP contribution is 2.30. The third-order valence-corrected chi connectivity index (χ3v) is 7.32. The van der Waals surface area contributed by atoms with Crippen LogP contribution in [-0.4, -0.2) is 15.9 Å². The summed E-state index contributed by atoms with van der Waals surface area (Å²) >= 11 is 7.09. The molecule has 0 fully saturated rings. The number of rotatable bonds is 6. The maximum absolute atomic E-state index is 13.5. The van der Waals surface area contributed by atoms with Crippen molar-refractivity contribution >= 4 is 59.9 Å². The normalized spacial score (nSPS) is 11.6. The Bertz CT molecular complexity index is 1940. The molecule has 0 unspecified atom stereocenters. The Labute approximate surface area is 240 Å². The van der Waals surface area contributed by atoms with E-state index in [9.17, 15) is 4.79 Å². The first-order valence-electron chi connectivity index (χ1n) is 12.2. The minimum Gasteiger partial charge on any atom is -0.488 e. The van der Waals surface area contributed by atoms with Gasteiger partial charge >= 0.3 is 0 Å². The van der Waals surface area contributed by atoms with Gasteiger partial charge in [-0.3, -0.25) is 4.79 Å². The third-order valence-electron chi connectivity index (χ3n) is 6.21. The van der Waals surface area contributed by atoms with Crippen molar-refractivity contribution in [3.8, 4) is 17.3 Å². The van der Waals surface area contributed by atoms with Crippen LogP contribution in [0.15, 0.2) is 114 Å². The average molecular weight is 643 g/mol. The molecular formula is C31H21Br2N3O3. The van der Waals surface area contributed by atoms with Crippen LogP contribution in [0.1, 0.15) is 16.7 Å². The van der Waals surface area contributed by atoms with E-state index in [4.69, 9.17) is 14.1 Å². The maximum Gasteiger partial charge on any atom is 0.282 e. The Kier molecular flexibility index (Phi) is 6.89. The monoisotopic (exact) mass is 641 g/mol. The van der Waals surface area contributed by atoms with Crippen LogP contribution in [0, 0.1) is 6.92 Å². The molecule has 0 radical (unpaired) electrons. The molecule has 2 aromatic heterocycles. The molecule has 0 spiro atoms. The highest BCUT2D eigenvalue weighted by atomic mass is 79.9. The molecule has 39 heavy (non-hydrogen) atoms. The molecule has 0 atom stereocenters. The van der Waals surface area contributed by atoms with Crippen LogP contribution in [0.2, 0.25) is 0 Å². The van der Waals surface area contributed by atoms with Gasteiger partial charge in [-0.2, -0.15) is 9.78 Å². The van der Waals surface area contributed by atoms with Crippen molar-refractivity contribution in [2.75, 3.05) is 0 Å². The minimum atomic E-state index is -0.286. The standard InChI is InChI=1S/C31H21Br2N3O3/c1-19-5-4-6-21(13-19)18-38-28-11-9-20(14-25(28)33)17-34-36-30(35-26-8-3-2-7-24(26)31(36)37)29-16-22-15-23(32)10-12-27(22)39-29/h2-17H,18H2,1H3. The highest BCUT2D eigenvalue weighted by molar-refractivity contribution is 9.10. The van der Waals surface area contributed by atoms with E-state index in [-0.39, 0.29) is 5.56 Å². The van der Waals surface area contributed by atoms with Crippen LogP contribution in [0.25, 0.3) is 33.5 Å². The maximum atomic E-state index is 13.5. The van der Waals surface area contributed by atoms with Crippen LogP contribution in [0.3, 0.4) is 0 Å². The number of halogens is 2. The van der Waals surface area contributed by atoms with Gasteiger partial charge in [0, 0.05) is 9.86 Å². The van der Waals surface area contributed by atoms with E-state index in [0.29, 0.717) is 40.4 Å². The van der Waals surface area contributed by atoms with Crippen LogP contribution < -0.4 is 10.3 Å². The predicted molar refractivity (Wildman–Crippen MR) is 162 cm³/mol. The third kappa shape index (κ3) is 5.30. The van der Waals surface area contributed by atoms with Gasteiger partial charge in [-0.15, -0.1) is 0 Å². The number of ether oxygens (including phenoxy) is 1. The van der Waals surface area contributed by atoms with Gasteiger partial charge in [0.1, 0.15) is 17.9 Å². The molecule has 0 saturated heterocycles. The van der Waals surface area contributed by atoms with Crippen LogP contribution in [-0.2, 0) is 6.61 Å². The predicted octanol–water partition coefficient (Wildman–Crippen LogP) is 8.10. The highest BCUT2D eigenvalue weighted by Gasteiger charge is 2.16. The molecule has 0 aliphatic rings. The summed E-state index contributed by atoms with van der Waals surface area (Å²) in [5, 5.41) is 5.91. The van der Waals surface area contributed by atoms with Gasteiger partial charge in [0.05, 0.1) is 21.6 Å². The van der Waals surface area contributed by atoms with Crippen molar-refractivity contribution in [2.45, 2.75) is 13.5 Å². The van der Waals surface area contributed by atoms with Crippen molar-refractivity contribution in [3.63, 3.8) is 0 Å². The van der Waals surface area contributed by atoms with Gasteiger partial charge in [0.15, 0.2) is 5.76 Å². The number of fused-ring (bicyclic) bond motifs is 2. The van der Waals surface area contributed by atoms with Gasteiger partial charge in [-0.25, -0.2) is 4.98 Å². The number of hydrogen-bond donors (Lipinski definition) is 0.